The Balaban J connectivity index is 1.65. The topological polar surface area (TPSA) is 78.6 Å². The Labute approximate surface area is 108 Å². The molecule has 0 aromatic carbocycles. The van der Waals surface area contributed by atoms with Crippen molar-refractivity contribution in [1.29, 1.82) is 0 Å². The molecule has 3 heterocycles. The van der Waals surface area contributed by atoms with E-state index >= 15 is 0 Å². The minimum atomic E-state index is 0.362. The van der Waals surface area contributed by atoms with Crippen LogP contribution in [0.15, 0.2) is 33.2 Å². The van der Waals surface area contributed by atoms with Crippen molar-refractivity contribution >= 4 is 16.9 Å². The minimum Gasteiger partial charge on any atom is -0.426 e. The van der Waals surface area contributed by atoms with Gasteiger partial charge in [-0.25, -0.2) is 4.99 Å². The number of aryl methyl sites for hydroxylation is 1. The average Bonchev–Trinajstić information content (AvgIpc) is 2.92. The molecule has 0 spiro atoms. The molecule has 0 fully saturated rings. The lowest BCUT2D eigenvalue weighted by Crippen LogP contribution is -2.33. The number of aromatic nitrogens is 2. The first kappa shape index (κ1) is 11.1. The molecule has 0 atom stereocenters. The molecule has 0 radical (unpaired) electrons. The molecule has 7 nitrogen and oxygen atoms in total. The molecule has 2 N–H and O–H groups in total. The Hall–Kier alpha value is -2.02. The fraction of sp³-hybridized carbons (Fsp3) is 0.300. The maximum atomic E-state index is 5.78. The summed E-state index contributed by atoms with van der Waals surface area (Å²) >= 11 is 5.78. The maximum absolute atomic E-state index is 5.78. The van der Waals surface area contributed by atoms with Gasteiger partial charge in [-0.2, -0.15) is 0 Å². The molecule has 1 aromatic rings. The van der Waals surface area contributed by atoms with Gasteiger partial charge >= 0.3 is 0 Å². The first-order valence-corrected chi connectivity index (χ1v) is 5.84. The van der Waals surface area contributed by atoms with Crippen molar-refractivity contribution in [3.63, 3.8) is 0 Å². The third-order valence-electron chi connectivity index (χ3n) is 2.59. The van der Waals surface area contributed by atoms with Gasteiger partial charge in [-0.15, -0.1) is 10.2 Å². The molecule has 18 heavy (non-hydrogen) atoms. The number of halogens is 1. The summed E-state index contributed by atoms with van der Waals surface area (Å²) in [6.45, 7) is 2.47. The highest BCUT2D eigenvalue weighted by Gasteiger charge is 2.23. The number of nitrogens with zero attached hydrogens (tertiary/aromatic N) is 4. The second kappa shape index (κ2) is 4.34. The first-order chi connectivity index (χ1) is 8.72. The summed E-state index contributed by atoms with van der Waals surface area (Å²) in [6, 6.07) is 0. The molecule has 3 rings (SSSR count). The van der Waals surface area contributed by atoms with Crippen molar-refractivity contribution in [2.24, 2.45) is 4.99 Å². The van der Waals surface area contributed by atoms with E-state index in [-0.39, 0.29) is 0 Å². The van der Waals surface area contributed by atoms with E-state index in [2.05, 4.69) is 25.9 Å². The zero-order chi connectivity index (χ0) is 12.5. The summed E-state index contributed by atoms with van der Waals surface area (Å²) in [5.74, 6) is 1.20. The van der Waals surface area contributed by atoms with Gasteiger partial charge in [0.1, 0.15) is 5.70 Å². The van der Waals surface area contributed by atoms with E-state index in [4.69, 9.17) is 16.0 Å². The molecular formula is C10H11ClN6O. The Morgan fingerprint density at radius 2 is 2.33 bits per heavy atom. The molecule has 2 aliphatic heterocycles. The lowest BCUT2D eigenvalue weighted by Gasteiger charge is -2.21. The largest absolute Gasteiger partial charge is 0.426 e. The second-order valence-corrected chi connectivity index (χ2v) is 4.22. The predicted octanol–water partition coefficient (Wildman–Crippen LogP) is 0.622. The smallest absolute Gasteiger partial charge is 0.218 e. The minimum absolute atomic E-state index is 0.362. The van der Waals surface area contributed by atoms with Crippen LogP contribution >= 0.6 is 11.6 Å². The number of amidine groups is 1. The van der Waals surface area contributed by atoms with Crippen LogP contribution in [0.25, 0.3) is 0 Å². The zero-order valence-electron chi connectivity index (χ0n) is 9.64. The molecule has 94 valence electrons. The first-order valence-electron chi connectivity index (χ1n) is 5.46. The summed E-state index contributed by atoms with van der Waals surface area (Å²) in [6.07, 6.45) is 4.20. The van der Waals surface area contributed by atoms with Crippen molar-refractivity contribution in [2.75, 3.05) is 6.54 Å². The van der Waals surface area contributed by atoms with Crippen molar-refractivity contribution in [3.05, 3.63) is 35.6 Å². The van der Waals surface area contributed by atoms with Crippen molar-refractivity contribution in [3.8, 4) is 0 Å². The number of aliphatic imine (C=N–C) groups is 1. The molecule has 0 aliphatic carbocycles. The average molecular weight is 267 g/mol. The molecule has 8 heteroatoms. The Bertz CT molecular complexity index is 560. The summed E-state index contributed by atoms with van der Waals surface area (Å²) in [5, 5.41) is 13.0. The zero-order valence-corrected chi connectivity index (χ0v) is 10.4. The van der Waals surface area contributed by atoms with Crippen LogP contribution < -0.4 is 10.7 Å². The molecule has 0 bridgehead atoms. The molecule has 0 saturated heterocycles. The number of rotatable bonds is 3. The number of nitrogens with one attached hydrogen (secondary N) is 2. The Morgan fingerprint density at radius 3 is 3.11 bits per heavy atom. The quantitative estimate of drug-likeness (QED) is 0.781. The lowest BCUT2D eigenvalue weighted by atomic mass is 10.3. The molecule has 2 aliphatic rings. The van der Waals surface area contributed by atoms with Gasteiger partial charge in [-0.3, -0.25) is 5.01 Å². The van der Waals surface area contributed by atoms with E-state index in [1.165, 1.54) is 0 Å². The predicted molar refractivity (Wildman–Crippen MR) is 65.2 cm³/mol. The van der Waals surface area contributed by atoms with Gasteiger partial charge in [0, 0.05) is 26.1 Å². The molecular weight excluding hydrogens is 256 g/mol. The van der Waals surface area contributed by atoms with E-state index in [9.17, 15) is 0 Å². The monoisotopic (exact) mass is 266 g/mol. The Morgan fingerprint density at radius 1 is 1.44 bits per heavy atom. The fourth-order valence-corrected chi connectivity index (χ4v) is 1.91. The lowest BCUT2D eigenvalue weighted by molar-refractivity contribution is 0.301. The highest BCUT2D eigenvalue weighted by molar-refractivity contribution is 6.65. The van der Waals surface area contributed by atoms with Crippen LogP contribution in [0.4, 0.5) is 0 Å². The van der Waals surface area contributed by atoms with Crippen LogP contribution in [-0.2, 0) is 6.42 Å². The number of hydrogen-bond acceptors (Lipinski definition) is 7. The SMILES string of the molecule is Cc1nnc(CCN2NC=C3NC(Cl)=NC=C32)o1. The van der Waals surface area contributed by atoms with Gasteiger partial charge in [-0.05, 0) is 11.6 Å². The van der Waals surface area contributed by atoms with E-state index in [0.717, 1.165) is 11.4 Å². The van der Waals surface area contributed by atoms with E-state index < -0.39 is 0 Å². The van der Waals surface area contributed by atoms with Gasteiger partial charge in [0.2, 0.25) is 17.1 Å². The van der Waals surface area contributed by atoms with Crippen LogP contribution in [0.1, 0.15) is 11.8 Å². The van der Waals surface area contributed by atoms with Gasteiger partial charge in [-0.1, -0.05) is 0 Å². The second-order valence-electron chi connectivity index (χ2n) is 3.86. The highest BCUT2D eigenvalue weighted by atomic mass is 35.5. The normalized spacial score (nSPS) is 17.4. The van der Waals surface area contributed by atoms with Gasteiger partial charge in [0.15, 0.2) is 0 Å². The van der Waals surface area contributed by atoms with Crippen molar-refractivity contribution < 1.29 is 4.42 Å². The summed E-state index contributed by atoms with van der Waals surface area (Å²) in [4.78, 5) is 4.02. The van der Waals surface area contributed by atoms with E-state index in [1.54, 1.807) is 13.1 Å². The van der Waals surface area contributed by atoms with Crippen molar-refractivity contribution in [1.82, 2.24) is 25.9 Å². The van der Waals surface area contributed by atoms with Crippen LogP contribution in [-0.4, -0.2) is 27.0 Å². The molecule has 0 amide bonds. The van der Waals surface area contributed by atoms with Crippen LogP contribution in [0.2, 0.25) is 0 Å². The standard InChI is InChI=1S/C10H11ClN6O/c1-6-15-16-9(18-6)2-3-17-8-5-12-10(11)14-7(8)4-13-17/h4-5,13H,2-3H2,1H3,(H,12,14). The third-order valence-corrected chi connectivity index (χ3v) is 2.78. The van der Waals surface area contributed by atoms with E-state index in [0.29, 0.717) is 30.0 Å². The highest BCUT2D eigenvalue weighted by Crippen LogP contribution is 2.20. The van der Waals surface area contributed by atoms with Crippen LogP contribution in [0.3, 0.4) is 0 Å². The van der Waals surface area contributed by atoms with Gasteiger partial charge in [0.05, 0.1) is 11.9 Å². The summed E-state index contributed by atoms with van der Waals surface area (Å²) < 4.78 is 5.32. The number of hydrogen-bond donors (Lipinski definition) is 2. The van der Waals surface area contributed by atoms with E-state index in [1.807, 2.05) is 11.2 Å². The van der Waals surface area contributed by atoms with Gasteiger partial charge < -0.3 is 15.2 Å². The van der Waals surface area contributed by atoms with Crippen LogP contribution in [0, 0.1) is 6.92 Å². The molecule has 1 aromatic heterocycles. The molecule has 0 unspecified atom stereocenters. The third kappa shape index (κ3) is 2.04. The van der Waals surface area contributed by atoms with Crippen LogP contribution in [0.5, 0.6) is 0 Å². The maximum Gasteiger partial charge on any atom is 0.218 e. The number of fused-ring (bicyclic) bond motifs is 1. The summed E-state index contributed by atoms with van der Waals surface area (Å²) in [5.41, 5.74) is 4.96. The van der Waals surface area contributed by atoms with Crippen molar-refractivity contribution in [2.45, 2.75) is 13.3 Å². The molecule has 0 saturated carbocycles. The number of hydrazine groups is 1. The van der Waals surface area contributed by atoms with Gasteiger partial charge in [0.25, 0.3) is 0 Å². The Kier molecular flexibility index (Phi) is 2.67. The fourth-order valence-electron chi connectivity index (χ4n) is 1.76. The summed E-state index contributed by atoms with van der Waals surface area (Å²) in [7, 11) is 0.